The lowest BCUT2D eigenvalue weighted by molar-refractivity contribution is 0.0736. The molecular weight excluding hydrogens is 531 g/mol. The average molecular weight is 553 g/mol. The van der Waals surface area contributed by atoms with Crippen LogP contribution in [0.5, 0.6) is 0 Å². The standard InChI is InChI=1S/C26H22Cl3F2N3O2/c1-32(2)25(35)17-7-6-15(12-18(17)27)16-13-19(28)24(20(29)14-16)33-8-10-34(11-9-33)26(36)23-21(30)4-3-5-22(23)31/h3-7,12-14H,8-11H2,1-2H3. The molecule has 0 radical (unpaired) electrons. The van der Waals surface area contributed by atoms with Crippen molar-refractivity contribution in [3.05, 3.63) is 86.4 Å². The molecule has 1 heterocycles. The van der Waals surface area contributed by atoms with E-state index >= 15 is 0 Å². The van der Waals surface area contributed by atoms with Crippen LogP contribution in [0.15, 0.2) is 48.5 Å². The number of hydrogen-bond acceptors (Lipinski definition) is 3. The van der Waals surface area contributed by atoms with Gasteiger partial charge in [-0.3, -0.25) is 9.59 Å². The maximum atomic E-state index is 14.0. The van der Waals surface area contributed by atoms with Gasteiger partial charge < -0.3 is 14.7 Å². The van der Waals surface area contributed by atoms with E-state index in [0.29, 0.717) is 39.4 Å². The number of piperazine rings is 1. The summed E-state index contributed by atoms with van der Waals surface area (Å²) >= 11 is 19.6. The van der Waals surface area contributed by atoms with Gasteiger partial charge in [0, 0.05) is 40.3 Å². The highest BCUT2D eigenvalue weighted by Crippen LogP contribution is 2.39. The third-order valence-electron chi connectivity index (χ3n) is 6.02. The van der Waals surface area contributed by atoms with Gasteiger partial charge in [0.15, 0.2) is 0 Å². The van der Waals surface area contributed by atoms with E-state index in [1.54, 1.807) is 44.4 Å². The lowest BCUT2D eigenvalue weighted by Crippen LogP contribution is -2.49. The number of benzene rings is 3. The normalized spacial score (nSPS) is 13.6. The summed E-state index contributed by atoms with van der Waals surface area (Å²) in [5.41, 5.74) is 1.92. The molecule has 5 nitrogen and oxygen atoms in total. The summed E-state index contributed by atoms with van der Waals surface area (Å²) in [6.07, 6.45) is 0. The van der Waals surface area contributed by atoms with Gasteiger partial charge in [0.05, 0.1) is 26.3 Å². The molecule has 1 saturated heterocycles. The number of halogens is 5. The molecule has 0 unspecified atom stereocenters. The summed E-state index contributed by atoms with van der Waals surface area (Å²) in [5, 5.41) is 1.12. The minimum atomic E-state index is -0.886. The summed E-state index contributed by atoms with van der Waals surface area (Å²) in [5.74, 6) is -2.66. The van der Waals surface area contributed by atoms with Gasteiger partial charge in [0.1, 0.15) is 17.2 Å². The van der Waals surface area contributed by atoms with Gasteiger partial charge >= 0.3 is 0 Å². The van der Waals surface area contributed by atoms with E-state index in [1.165, 1.54) is 15.9 Å². The Morgan fingerprint density at radius 1 is 0.806 bits per heavy atom. The van der Waals surface area contributed by atoms with E-state index in [2.05, 4.69) is 0 Å². The van der Waals surface area contributed by atoms with Crippen molar-refractivity contribution >= 4 is 52.3 Å². The average Bonchev–Trinajstić information content (AvgIpc) is 2.83. The van der Waals surface area contributed by atoms with Crippen LogP contribution in [-0.4, -0.2) is 61.9 Å². The van der Waals surface area contributed by atoms with Crippen LogP contribution in [0.1, 0.15) is 20.7 Å². The second-order valence-electron chi connectivity index (χ2n) is 8.56. The second kappa shape index (κ2) is 10.6. The molecule has 3 aromatic carbocycles. The maximum absolute atomic E-state index is 14.0. The Labute approximate surface area is 222 Å². The first-order chi connectivity index (χ1) is 17.1. The SMILES string of the molecule is CN(C)C(=O)c1ccc(-c2cc(Cl)c(N3CCN(C(=O)c4c(F)cccc4F)CC3)c(Cl)c2)cc1Cl. The number of carbonyl (C=O) groups excluding carboxylic acids is 2. The molecule has 4 rings (SSSR count). The fraction of sp³-hybridized carbons (Fsp3) is 0.231. The highest BCUT2D eigenvalue weighted by molar-refractivity contribution is 6.39. The van der Waals surface area contributed by atoms with Gasteiger partial charge in [-0.05, 0) is 47.5 Å². The second-order valence-corrected chi connectivity index (χ2v) is 9.78. The van der Waals surface area contributed by atoms with Gasteiger partial charge in [-0.2, -0.15) is 0 Å². The van der Waals surface area contributed by atoms with Gasteiger partial charge in [-0.25, -0.2) is 8.78 Å². The van der Waals surface area contributed by atoms with E-state index in [-0.39, 0.29) is 19.0 Å². The number of anilines is 1. The molecule has 0 spiro atoms. The molecule has 188 valence electrons. The topological polar surface area (TPSA) is 43.9 Å². The molecule has 0 bridgehead atoms. The number of amides is 2. The lowest BCUT2D eigenvalue weighted by Gasteiger charge is -2.37. The Morgan fingerprint density at radius 3 is 1.89 bits per heavy atom. The number of rotatable bonds is 4. The zero-order valence-electron chi connectivity index (χ0n) is 19.5. The minimum absolute atomic E-state index is 0.201. The van der Waals surface area contributed by atoms with Crippen molar-refractivity contribution in [2.45, 2.75) is 0 Å². The first kappa shape index (κ1) is 26.2. The van der Waals surface area contributed by atoms with Crippen molar-refractivity contribution in [3.63, 3.8) is 0 Å². The van der Waals surface area contributed by atoms with E-state index in [9.17, 15) is 18.4 Å². The third kappa shape index (κ3) is 5.14. The quantitative estimate of drug-likeness (QED) is 0.384. The molecule has 0 aliphatic carbocycles. The number of nitrogens with zero attached hydrogens (tertiary/aromatic N) is 3. The molecule has 1 fully saturated rings. The van der Waals surface area contributed by atoms with Crippen LogP contribution in [-0.2, 0) is 0 Å². The molecule has 10 heteroatoms. The van der Waals surface area contributed by atoms with E-state index in [1.807, 2.05) is 4.90 Å². The first-order valence-electron chi connectivity index (χ1n) is 11.1. The molecule has 2 amide bonds. The van der Waals surface area contributed by atoms with Crippen molar-refractivity contribution in [2.24, 2.45) is 0 Å². The van der Waals surface area contributed by atoms with Gasteiger partial charge in [0.2, 0.25) is 0 Å². The predicted octanol–water partition coefficient (Wildman–Crippen LogP) is 6.26. The molecule has 3 aromatic rings. The van der Waals surface area contributed by atoms with Crippen LogP contribution < -0.4 is 4.90 Å². The van der Waals surface area contributed by atoms with E-state index in [0.717, 1.165) is 23.3 Å². The summed E-state index contributed by atoms with van der Waals surface area (Å²) in [7, 11) is 3.30. The summed E-state index contributed by atoms with van der Waals surface area (Å²) in [6, 6.07) is 12.0. The summed E-state index contributed by atoms with van der Waals surface area (Å²) in [4.78, 5) is 29.7. The third-order valence-corrected chi connectivity index (χ3v) is 6.90. The molecule has 0 aromatic heterocycles. The van der Waals surface area contributed by atoms with Crippen LogP contribution in [0.3, 0.4) is 0 Å². The molecule has 0 saturated carbocycles. The summed E-state index contributed by atoms with van der Waals surface area (Å²) in [6.45, 7) is 1.26. The number of carbonyl (C=O) groups is 2. The molecule has 0 N–H and O–H groups in total. The van der Waals surface area contributed by atoms with E-state index in [4.69, 9.17) is 34.8 Å². The fourth-order valence-electron chi connectivity index (χ4n) is 4.14. The highest BCUT2D eigenvalue weighted by atomic mass is 35.5. The van der Waals surface area contributed by atoms with Crippen molar-refractivity contribution in [3.8, 4) is 11.1 Å². The lowest BCUT2D eigenvalue weighted by atomic mass is 10.0. The van der Waals surface area contributed by atoms with Crippen molar-refractivity contribution in [2.75, 3.05) is 45.2 Å². The zero-order chi connectivity index (χ0) is 26.1. The molecule has 1 aliphatic heterocycles. The first-order valence-corrected chi connectivity index (χ1v) is 12.2. The van der Waals surface area contributed by atoms with Gasteiger partial charge in [-0.1, -0.05) is 46.9 Å². The molecule has 1 aliphatic rings. The van der Waals surface area contributed by atoms with Crippen LogP contribution in [0.2, 0.25) is 15.1 Å². The number of hydrogen-bond donors (Lipinski definition) is 0. The van der Waals surface area contributed by atoms with Crippen LogP contribution in [0.4, 0.5) is 14.5 Å². The monoisotopic (exact) mass is 551 g/mol. The van der Waals surface area contributed by atoms with Gasteiger partial charge in [0.25, 0.3) is 11.8 Å². The van der Waals surface area contributed by atoms with Crippen LogP contribution >= 0.6 is 34.8 Å². The largest absolute Gasteiger partial charge is 0.366 e. The Kier molecular flexibility index (Phi) is 7.73. The van der Waals surface area contributed by atoms with Crippen molar-refractivity contribution in [1.82, 2.24) is 9.80 Å². The minimum Gasteiger partial charge on any atom is -0.366 e. The van der Waals surface area contributed by atoms with E-state index < -0.39 is 23.1 Å². The Morgan fingerprint density at radius 2 is 1.36 bits per heavy atom. The molecule has 36 heavy (non-hydrogen) atoms. The van der Waals surface area contributed by atoms with Crippen LogP contribution in [0.25, 0.3) is 11.1 Å². The van der Waals surface area contributed by atoms with Crippen molar-refractivity contribution in [1.29, 1.82) is 0 Å². The molecule has 0 atom stereocenters. The Hall–Kier alpha value is -2.87. The van der Waals surface area contributed by atoms with Crippen molar-refractivity contribution < 1.29 is 18.4 Å². The molecular formula is C26H22Cl3F2N3O2. The smallest absolute Gasteiger partial charge is 0.259 e. The Balaban J connectivity index is 1.52. The van der Waals surface area contributed by atoms with Crippen LogP contribution in [0, 0.1) is 11.6 Å². The highest BCUT2D eigenvalue weighted by Gasteiger charge is 2.28. The fourth-order valence-corrected chi connectivity index (χ4v) is 5.12. The predicted molar refractivity (Wildman–Crippen MR) is 139 cm³/mol. The zero-order valence-corrected chi connectivity index (χ0v) is 21.8. The summed E-state index contributed by atoms with van der Waals surface area (Å²) < 4.78 is 28.1. The Bertz CT molecular complexity index is 1300. The van der Waals surface area contributed by atoms with Gasteiger partial charge in [-0.15, -0.1) is 0 Å². The maximum Gasteiger partial charge on any atom is 0.259 e.